The van der Waals surface area contributed by atoms with Crippen LogP contribution in [0.2, 0.25) is 10.0 Å². The highest BCUT2D eigenvalue weighted by Gasteiger charge is 2.04. The zero-order chi connectivity index (χ0) is 15.4. The van der Waals surface area contributed by atoms with Crippen molar-refractivity contribution < 1.29 is 9.18 Å². The summed E-state index contributed by atoms with van der Waals surface area (Å²) in [4.78, 5) is 11.0. The molecule has 1 amide bonds. The topological polar surface area (TPSA) is 41.1 Å². The van der Waals surface area contributed by atoms with Crippen molar-refractivity contribution in [3.8, 4) is 0 Å². The first-order chi connectivity index (χ1) is 9.95. The van der Waals surface area contributed by atoms with Crippen LogP contribution in [0.5, 0.6) is 0 Å². The lowest BCUT2D eigenvalue weighted by Gasteiger charge is -2.10. The van der Waals surface area contributed by atoms with E-state index in [1.54, 1.807) is 24.3 Å². The van der Waals surface area contributed by atoms with Gasteiger partial charge in [0.2, 0.25) is 5.91 Å². The van der Waals surface area contributed by atoms with Crippen LogP contribution in [-0.2, 0) is 11.3 Å². The van der Waals surface area contributed by atoms with Gasteiger partial charge in [-0.1, -0.05) is 29.3 Å². The Morgan fingerprint density at radius 3 is 2.52 bits per heavy atom. The molecule has 2 aromatic carbocycles. The number of anilines is 2. The van der Waals surface area contributed by atoms with Gasteiger partial charge in [0.25, 0.3) is 0 Å². The number of hydrogen-bond acceptors (Lipinski definition) is 2. The van der Waals surface area contributed by atoms with Crippen LogP contribution in [0, 0.1) is 5.82 Å². The second kappa shape index (κ2) is 6.78. The van der Waals surface area contributed by atoms with Gasteiger partial charge in [0.1, 0.15) is 5.82 Å². The van der Waals surface area contributed by atoms with E-state index in [0.29, 0.717) is 17.3 Å². The van der Waals surface area contributed by atoms with Crippen molar-refractivity contribution >= 4 is 40.5 Å². The van der Waals surface area contributed by atoms with E-state index < -0.39 is 5.82 Å². The molecule has 6 heteroatoms. The minimum absolute atomic E-state index is 0.0986. The number of carbonyl (C=O) groups excluding carboxylic acids is 1. The third-order valence-corrected chi connectivity index (χ3v) is 3.38. The number of carbonyl (C=O) groups is 1. The molecular formula is C15H13Cl2FN2O. The fraction of sp³-hybridized carbons (Fsp3) is 0.133. The van der Waals surface area contributed by atoms with Crippen LogP contribution < -0.4 is 10.6 Å². The quantitative estimate of drug-likeness (QED) is 0.854. The average molecular weight is 327 g/mol. The van der Waals surface area contributed by atoms with Crippen LogP contribution in [-0.4, -0.2) is 5.91 Å². The summed E-state index contributed by atoms with van der Waals surface area (Å²) in [7, 11) is 0. The highest BCUT2D eigenvalue weighted by molar-refractivity contribution is 6.34. The normalized spacial score (nSPS) is 10.3. The van der Waals surface area contributed by atoms with Gasteiger partial charge < -0.3 is 10.6 Å². The highest BCUT2D eigenvalue weighted by Crippen LogP contribution is 2.26. The molecule has 0 spiro atoms. The molecule has 0 bridgehead atoms. The standard InChI is InChI=1S/C15H13Cl2FN2O/c1-9(21)20-15-5-3-11(7-13(15)17)19-8-10-2-4-12(16)14(18)6-10/h2-7,19H,8H2,1H3,(H,20,21). The summed E-state index contributed by atoms with van der Waals surface area (Å²) >= 11 is 11.7. The molecule has 2 aromatic rings. The van der Waals surface area contributed by atoms with Crippen molar-refractivity contribution in [1.82, 2.24) is 0 Å². The van der Waals surface area contributed by atoms with Gasteiger partial charge in [-0.2, -0.15) is 0 Å². The van der Waals surface area contributed by atoms with E-state index in [4.69, 9.17) is 23.2 Å². The lowest BCUT2D eigenvalue weighted by Crippen LogP contribution is -2.06. The van der Waals surface area contributed by atoms with Crippen LogP contribution in [0.3, 0.4) is 0 Å². The van der Waals surface area contributed by atoms with E-state index in [0.717, 1.165) is 11.3 Å². The molecule has 0 unspecified atom stereocenters. The fourth-order valence-corrected chi connectivity index (χ4v) is 2.12. The number of nitrogens with one attached hydrogen (secondary N) is 2. The molecule has 0 fully saturated rings. The predicted octanol–water partition coefficient (Wildman–Crippen LogP) is 4.70. The average Bonchev–Trinajstić information content (AvgIpc) is 2.42. The largest absolute Gasteiger partial charge is 0.381 e. The summed E-state index contributed by atoms with van der Waals surface area (Å²) in [5.74, 6) is -0.635. The minimum Gasteiger partial charge on any atom is -0.381 e. The Hall–Kier alpha value is -1.78. The van der Waals surface area contributed by atoms with E-state index in [1.165, 1.54) is 19.1 Å². The number of benzene rings is 2. The van der Waals surface area contributed by atoms with Crippen LogP contribution in [0.1, 0.15) is 12.5 Å². The maximum atomic E-state index is 13.3. The lowest BCUT2D eigenvalue weighted by molar-refractivity contribution is -0.114. The van der Waals surface area contributed by atoms with E-state index in [-0.39, 0.29) is 10.9 Å². The van der Waals surface area contributed by atoms with E-state index >= 15 is 0 Å². The molecule has 0 aromatic heterocycles. The number of amides is 1. The Balaban J connectivity index is 2.04. The highest BCUT2D eigenvalue weighted by atomic mass is 35.5. The van der Waals surface area contributed by atoms with Crippen LogP contribution in [0.25, 0.3) is 0 Å². The molecule has 0 saturated heterocycles. The van der Waals surface area contributed by atoms with E-state index in [1.807, 2.05) is 0 Å². The van der Waals surface area contributed by atoms with Gasteiger partial charge in [0.15, 0.2) is 0 Å². The maximum Gasteiger partial charge on any atom is 0.221 e. The SMILES string of the molecule is CC(=O)Nc1ccc(NCc2ccc(Cl)c(F)c2)cc1Cl. The van der Waals surface area contributed by atoms with Crippen molar-refractivity contribution in [2.45, 2.75) is 13.5 Å². The zero-order valence-electron chi connectivity index (χ0n) is 11.2. The maximum absolute atomic E-state index is 13.3. The molecule has 0 radical (unpaired) electrons. The monoisotopic (exact) mass is 326 g/mol. The first-order valence-electron chi connectivity index (χ1n) is 6.20. The molecule has 0 aliphatic heterocycles. The van der Waals surface area contributed by atoms with Gasteiger partial charge in [0.05, 0.1) is 15.7 Å². The van der Waals surface area contributed by atoms with Gasteiger partial charge in [-0.3, -0.25) is 4.79 Å². The molecule has 0 aliphatic carbocycles. The summed E-state index contributed by atoms with van der Waals surface area (Å²) in [5.41, 5.74) is 2.08. The fourth-order valence-electron chi connectivity index (χ4n) is 1.77. The Labute approximate surface area is 132 Å². The molecule has 0 atom stereocenters. The smallest absolute Gasteiger partial charge is 0.221 e. The number of rotatable bonds is 4. The first-order valence-corrected chi connectivity index (χ1v) is 6.96. The summed E-state index contributed by atoms with van der Waals surface area (Å²) in [6.07, 6.45) is 0. The van der Waals surface area contributed by atoms with Gasteiger partial charge in [-0.25, -0.2) is 4.39 Å². The summed E-state index contributed by atoms with van der Waals surface area (Å²) in [6.45, 7) is 1.85. The molecule has 2 N–H and O–H groups in total. The van der Waals surface area contributed by atoms with Gasteiger partial charge in [-0.05, 0) is 35.9 Å². The minimum atomic E-state index is -0.449. The van der Waals surface area contributed by atoms with Crippen LogP contribution >= 0.6 is 23.2 Å². The van der Waals surface area contributed by atoms with E-state index in [2.05, 4.69) is 10.6 Å². The van der Waals surface area contributed by atoms with Crippen LogP contribution in [0.4, 0.5) is 15.8 Å². The molecule has 0 aliphatic rings. The summed E-state index contributed by atoms with van der Waals surface area (Å²) < 4.78 is 13.3. The van der Waals surface area contributed by atoms with Crippen molar-refractivity contribution in [3.63, 3.8) is 0 Å². The van der Waals surface area contributed by atoms with Gasteiger partial charge >= 0.3 is 0 Å². The van der Waals surface area contributed by atoms with Gasteiger partial charge in [0, 0.05) is 19.2 Å². The van der Waals surface area contributed by atoms with Crippen molar-refractivity contribution in [2.24, 2.45) is 0 Å². The molecule has 3 nitrogen and oxygen atoms in total. The van der Waals surface area contributed by atoms with E-state index in [9.17, 15) is 9.18 Å². The Bertz CT molecular complexity index is 677. The third-order valence-electron chi connectivity index (χ3n) is 2.76. The predicted molar refractivity (Wildman–Crippen MR) is 84.5 cm³/mol. The van der Waals surface area contributed by atoms with Crippen molar-refractivity contribution in [3.05, 3.63) is 57.8 Å². The Kier molecular flexibility index (Phi) is 5.04. The molecule has 110 valence electrons. The van der Waals surface area contributed by atoms with Gasteiger partial charge in [-0.15, -0.1) is 0 Å². The molecule has 0 saturated carbocycles. The molecule has 21 heavy (non-hydrogen) atoms. The lowest BCUT2D eigenvalue weighted by atomic mass is 10.2. The molecule has 2 rings (SSSR count). The van der Waals surface area contributed by atoms with Crippen molar-refractivity contribution in [1.29, 1.82) is 0 Å². The van der Waals surface area contributed by atoms with Crippen molar-refractivity contribution in [2.75, 3.05) is 10.6 Å². The van der Waals surface area contributed by atoms with Crippen LogP contribution in [0.15, 0.2) is 36.4 Å². The Morgan fingerprint density at radius 2 is 1.90 bits per heavy atom. The Morgan fingerprint density at radius 1 is 1.14 bits per heavy atom. The molecular weight excluding hydrogens is 314 g/mol. The first kappa shape index (κ1) is 15.6. The summed E-state index contributed by atoms with van der Waals surface area (Å²) in [5, 5.41) is 6.27. The molecule has 0 heterocycles. The summed E-state index contributed by atoms with van der Waals surface area (Å²) in [6, 6.07) is 9.81. The number of halogens is 3. The zero-order valence-corrected chi connectivity index (χ0v) is 12.7. The second-order valence-corrected chi connectivity index (χ2v) is 5.29. The third kappa shape index (κ3) is 4.34. The second-order valence-electron chi connectivity index (χ2n) is 4.48. The number of hydrogen-bond donors (Lipinski definition) is 2.